The second-order valence-electron chi connectivity index (χ2n) is 5.18. The zero-order valence-corrected chi connectivity index (χ0v) is 13.2. The third kappa shape index (κ3) is 5.08. The number of benzene rings is 1. The Hall–Kier alpha value is -2.00. The van der Waals surface area contributed by atoms with Gasteiger partial charge in [-0.1, -0.05) is 6.07 Å². The van der Waals surface area contributed by atoms with Gasteiger partial charge in [0, 0.05) is 18.8 Å². The largest absolute Gasteiger partial charge is 0.342 e. The molecule has 5 nitrogen and oxygen atoms in total. The molecule has 0 bridgehead atoms. The first-order chi connectivity index (χ1) is 10.7. The van der Waals surface area contributed by atoms with Gasteiger partial charge < -0.3 is 10.2 Å². The van der Waals surface area contributed by atoms with Crippen LogP contribution in [0.5, 0.6) is 0 Å². The average Bonchev–Trinajstić information content (AvgIpc) is 2.55. The minimum atomic E-state index is -0.161. The molecule has 1 aromatic carbocycles. The number of amides is 2. The maximum absolute atomic E-state index is 12.0. The second-order valence-corrected chi connectivity index (χ2v) is 6.16. The van der Waals surface area contributed by atoms with Gasteiger partial charge >= 0.3 is 0 Å². The lowest BCUT2D eigenvalue weighted by Crippen LogP contribution is -2.37. The van der Waals surface area contributed by atoms with Gasteiger partial charge in [-0.2, -0.15) is 5.26 Å². The van der Waals surface area contributed by atoms with E-state index in [-0.39, 0.29) is 17.6 Å². The molecule has 1 saturated heterocycles. The summed E-state index contributed by atoms with van der Waals surface area (Å²) in [5.41, 5.74) is 1.11. The molecule has 1 aliphatic heterocycles. The smallest absolute Gasteiger partial charge is 0.234 e. The number of likely N-dealkylation sites (tertiary alicyclic amines) is 1. The normalized spacial score (nSPS) is 14.2. The number of carbonyl (C=O) groups excluding carboxylic acids is 2. The summed E-state index contributed by atoms with van der Waals surface area (Å²) in [6.45, 7) is 1.68. The van der Waals surface area contributed by atoms with Crippen molar-refractivity contribution in [1.82, 2.24) is 4.90 Å². The van der Waals surface area contributed by atoms with E-state index in [1.54, 1.807) is 24.3 Å². The molecular formula is C16H19N3O2S. The van der Waals surface area contributed by atoms with Gasteiger partial charge in [0.25, 0.3) is 0 Å². The molecule has 1 aliphatic rings. The molecule has 1 aromatic rings. The summed E-state index contributed by atoms with van der Waals surface area (Å²) in [7, 11) is 0. The van der Waals surface area contributed by atoms with E-state index in [4.69, 9.17) is 5.26 Å². The Morgan fingerprint density at radius 1 is 1.23 bits per heavy atom. The number of rotatable bonds is 5. The molecule has 22 heavy (non-hydrogen) atoms. The monoisotopic (exact) mass is 317 g/mol. The number of hydrogen-bond acceptors (Lipinski definition) is 4. The second kappa shape index (κ2) is 8.44. The molecule has 0 aliphatic carbocycles. The first kappa shape index (κ1) is 16.4. The van der Waals surface area contributed by atoms with Crippen molar-refractivity contribution < 1.29 is 9.59 Å². The van der Waals surface area contributed by atoms with E-state index in [1.807, 2.05) is 11.0 Å². The minimum Gasteiger partial charge on any atom is -0.342 e. The van der Waals surface area contributed by atoms with Gasteiger partial charge in [-0.15, -0.1) is 11.8 Å². The van der Waals surface area contributed by atoms with Crippen molar-refractivity contribution in [2.75, 3.05) is 29.9 Å². The fourth-order valence-electron chi connectivity index (χ4n) is 2.33. The van der Waals surface area contributed by atoms with E-state index >= 15 is 0 Å². The van der Waals surface area contributed by atoms with E-state index in [9.17, 15) is 9.59 Å². The summed E-state index contributed by atoms with van der Waals surface area (Å²) in [5, 5.41) is 11.5. The number of piperidine rings is 1. The van der Waals surface area contributed by atoms with Gasteiger partial charge in [0.2, 0.25) is 11.8 Å². The van der Waals surface area contributed by atoms with E-state index in [0.717, 1.165) is 25.9 Å². The molecule has 1 N–H and O–H groups in total. The first-order valence-corrected chi connectivity index (χ1v) is 8.50. The maximum atomic E-state index is 12.0. The third-order valence-corrected chi connectivity index (χ3v) is 4.36. The zero-order chi connectivity index (χ0) is 15.8. The standard InChI is InChI=1S/C16H19N3O2S/c17-10-13-5-4-6-14(9-13)18-15(20)11-22-12-16(21)19-7-2-1-3-8-19/h4-6,9H,1-3,7-8,11-12H2,(H,18,20). The topological polar surface area (TPSA) is 73.2 Å². The molecule has 6 heteroatoms. The van der Waals surface area contributed by atoms with Gasteiger partial charge in [0.1, 0.15) is 0 Å². The minimum absolute atomic E-state index is 0.115. The highest BCUT2D eigenvalue weighted by Crippen LogP contribution is 2.13. The van der Waals surface area contributed by atoms with Crippen LogP contribution in [-0.2, 0) is 9.59 Å². The number of nitrogens with one attached hydrogen (secondary N) is 1. The van der Waals surface area contributed by atoms with Crippen LogP contribution in [0.4, 0.5) is 5.69 Å². The summed E-state index contributed by atoms with van der Waals surface area (Å²) in [6.07, 6.45) is 3.35. The highest BCUT2D eigenvalue weighted by atomic mass is 32.2. The molecule has 0 aromatic heterocycles. The van der Waals surface area contributed by atoms with Crippen LogP contribution in [0, 0.1) is 11.3 Å². The Kier molecular flexibility index (Phi) is 6.28. The quantitative estimate of drug-likeness (QED) is 0.904. The predicted molar refractivity (Wildman–Crippen MR) is 87.5 cm³/mol. The van der Waals surface area contributed by atoms with Gasteiger partial charge in [-0.05, 0) is 37.5 Å². The van der Waals surface area contributed by atoms with Crippen LogP contribution in [0.25, 0.3) is 0 Å². The summed E-state index contributed by atoms with van der Waals surface area (Å²) in [4.78, 5) is 25.7. The van der Waals surface area contributed by atoms with Gasteiger partial charge in [-0.25, -0.2) is 0 Å². The molecule has 2 rings (SSSR count). The van der Waals surface area contributed by atoms with Crippen LogP contribution >= 0.6 is 11.8 Å². The molecule has 1 heterocycles. The molecular weight excluding hydrogens is 298 g/mol. The number of thioether (sulfide) groups is 1. The van der Waals surface area contributed by atoms with E-state index < -0.39 is 0 Å². The molecule has 0 radical (unpaired) electrons. The number of hydrogen-bond donors (Lipinski definition) is 1. The Morgan fingerprint density at radius 3 is 2.73 bits per heavy atom. The highest BCUT2D eigenvalue weighted by Gasteiger charge is 2.16. The summed E-state index contributed by atoms with van der Waals surface area (Å²) < 4.78 is 0. The van der Waals surface area contributed by atoms with Crippen LogP contribution in [0.1, 0.15) is 24.8 Å². The first-order valence-electron chi connectivity index (χ1n) is 7.34. The Balaban J connectivity index is 1.71. The van der Waals surface area contributed by atoms with Gasteiger partial charge in [0.15, 0.2) is 0 Å². The van der Waals surface area contributed by atoms with Crippen molar-refractivity contribution in [2.45, 2.75) is 19.3 Å². The lowest BCUT2D eigenvalue weighted by molar-refractivity contribution is -0.129. The summed E-state index contributed by atoms with van der Waals surface area (Å²) in [5.74, 6) is 0.526. The number of nitriles is 1. The van der Waals surface area contributed by atoms with Crippen molar-refractivity contribution in [2.24, 2.45) is 0 Å². The Morgan fingerprint density at radius 2 is 2.00 bits per heavy atom. The maximum Gasteiger partial charge on any atom is 0.234 e. The van der Waals surface area contributed by atoms with Crippen molar-refractivity contribution >= 4 is 29.3 Å². The van der Waals surface area contributed by atoms with Gasteiger partial charge in [-0.3, -0.25) is 9.59 Å². The molecule has 0 spiro atoms. The van der Waals surface area contributed by atoms with Crippen molar-refractivity contribution in [3.8, 4) is 6.07 Å². The summed E-state index contributed by atoms with van der Waals surface area (Å²) >= 11 is 1.32. The molecule has 116 valence electrons. The van der Waals surface area contributed by atoms with Crippen molar-refractivity contribution in [1.29, 1.82) is 5.26 Å². The molecule has 2 amide bonds. The fraction of sp³-hybridized carbons (Fsp3) is 0.438. The van der Waals surface area contributed by atoms with Crippen molar-refractivity contribution in [3.05, 3.63) is 29.8 Å². The Bertz CT molecular complexity index is 577. The lowest BCUT2D eigenvalue weighted by atomic mass is 10.1. The molecule has 0 unspecified atom stereocenters. The fourth-order valence-corrected chi connectivity index (χ4v) is 3.05. The summed E-state index contributed by atoms with van der Waals surface area (Å²) in [6, 6.07) is 8.80. The zero-order valence-electron chi connectivity index (χ0n) is 12.4. The molecule has 0 saturated carbocycles. The van der Waals surface area contributed by atoms with Crippen molar-refractivity contribution in [3.63, 3.8) is 0 Å². The number of anilines is 1. The van der Waals surface area contributed by atoms with E-state index in [2.05, 4.69) is 5.32 Å². The number of nitrogens with zero attached hydrogens (tertiary/aromatic N) is 2. The average molecular weight is 317 g/mol. The van der Waals surface area contributed by atoms with Crippen LogP contribution < -0.4 is 5.32 Å². The van der Waals surface area contributed by atoms with Crippen LogP contribution in [0.3, 0.4) is 0 Å². The molecule has 0 atom stereocenters. The van der Waals surface area contributed by atoms with Gasteiger partial charge in [0.05, 0.1) is 23.1 Å². The number of carbonyl (C=O) groups is 2. The highest BCUT2D eigenvalue weighted by molar-refractivity contribution is 8.00. The third-order valence-electron chi connectivity index (χ3n) is 3.44. The van der Waals surface area contributed by atoms with Crippen LogP contribution in [0.15, 0.2) is 24.3 Å². The van der Waals surface area contributed by atoms with E-state index in [1.165, 1.54) is 18.2 Å². The lowest BCUT2D eigenvalue weighted by Gasteiger charge is -2.26. The Labute approximate surface area is 134 Å². The SMILES string of the molecule is N#Cc1cccc(NC(=O)CSCC(=O)N2CCCCC2)c1. The predicted octanol–water partition coefficient (Wildman–Crippen LogP) is 2.24. The van der Waals surface area contributed by atoms with Crippen LogP contribution in [-0.4, -0.2) is 41.3 Å². The van der Waals surface area contributed by atoms with Crippen LogP contribution in [0.2, 0.25) is 0 Å². The van der Waals surface area contributed by atoms with E-state index in [0.29, 0.717) is 17.0 Å². The molecule has 1 fully saturated rings.